The average molecular weight is 533 g/mol. The van der Waals surface area contributed by atoms with Crippen LogP contribution in [0.5, 0.6) is 5.75 Å². The Morgan fingerprint density at radius 3 is 2.54 bits per heavy atom. The number of carbonyl (C=O) groups is 2. The van der Waals surface area contributed by atoms with E-state index in [1.807, 2.05) is 6.92 Å². The Morgan fingerprint density at radius 1 is 1.16 bits per heavy atom. The number of anilines is 1. The minimum Gasteiger partial charge on any atom is -0.488 e. The first kappa shape index (κ1) is 26.7. The second kappa shape index (κ2) is 10.9. The van der Waals surface area contributed by atoms with Gasteiger partial charge in [0.2, 0.25) is 5.91 Å². The van der Waals surface area contributed by atoms with E-state index in [1.54, 1.807) is 65.4 Å². The number of nitrogens with zero attached hydrogens (tertiary/aromatic N) is 2. The summed E-state index contributed by atoms with van der Waals surface area (Å²) in [5.41, 5.74) is 2.19. The van der Waals surface area contributed by atoms with Gasteiger partial charge in [-0.25, -0.2) is 0 Å². The summed E-state index contributed by atoms with van der Waals surface area (Å²) in [5, 5.41) is 9.26. The summed E-state index contributed by atoms with van der Waals surface area (Å²) >= 11 is 0.668. The van der Waals surface area contributed by atoms with Crippen LogP contribution in [0.3, 0.4) is 0 Å². The van der Waals surface area contributed by atoms with Crippen molar-refractivity contribution in [3.8, 4) is 16.9 Å². The van der Waals surface area contributed by atoms with Crippen molar-refractivity contribution >= 4 is 28.9 Å². The first-order chi connectivity index (χ1) is 17.6. The zero-order valence-corrected chi connectivity index (χ0v) is 21.2. The van der Waals surface area contributed by atoms with Crippen molar-refractivity contribution in [2.45, 2.75) is 38.6 Å². The molecule has 0 fully saturated rings. The number of amides is 1. The largest absolute Gasteiger partial charge is 0.488 e. The number of alkyl halides is 3. The predicted octanol–water partition coefficient (Wildman–Crippen LogP) is 5.70. The highest BCUT2D eigenvalue weighted by Crippen LogP contribution is 2.43. The lowest BCUT2D eigenvalue weighted by atomic mass is 10.1. The van der Waals surface area contributed by atoms with E-state index in [2.05, 4.69) is 0 Å². The Morgan fingerprint density at radius 2 is 1.89 bits per heavy atom. The van der Waals surface area contributed by atoms with Gasteiger partial charge in [-0.15, -0.1) is 11.3 Å². The number of carbonyl (C=O) groups excluding carboxylic acids is 1. The molecule has 1 unspecified atom stereocenters. The Labute approximate surface area is 216 Å². The molecule has 6 nitrogen and oxygen atoms in total. The molecule has 2 aromatic carbocycles. The summed E-state index contributed by atoms with van der Waals surface area (Å²) in [6, 6.07) is 14.4. The minimum atomic E-state index is -4.47. The number of benzene rings is 2. The van der Waals surface area contributed by atoms with Gasteiger partial charge in [-0.2, -0.15) is 13.2 Å². The normalized spacial score (nSPS) is 14.1. The molecule has 1 aliphatic heterocycles. The topological polar surface area (TPSA) is 70.1 Å². The molecule has 0 radical (unpaired) electrons. The van der Waals surface area contributed by atoms with Gasteiger partial charge in [0.05, 0.1) is 12.5 Å². The number of hydrogen-bond donors (Lipinski definition) is 1. The van der Waals surface area contributed by atoms with Crippen molar-refractivity contribution in [2.75, 3.05) is 25.0 Å². The highest BCUT2D eigenvalue weighted by Gasteiger charge is 2.37. The van der Waals surface area contributed by atoms with Crippen LogP contribution >= 0.6 is 11.3 Å². The van der Waals surface area contributed by atoms with Gasteiger partial charge < -0.3 is 14.7 Å². The Balaban J connectivity index is 1.50. The number of halogens is 3. The van der Waals surface area contributed by atoms with Gasteiger partial charge in [-0.1, -0.05) is 37.3 Å². The molecule has 0 aliphatic carbocycles. The molecular weight excluding hydrogens is 505 g/mol. The molecule has 1 N–H and O–H groups in total. The van der Waals surface area contributed by atoms with Crippen LogP contribution < -0.4 is 9.64 Å². The lowest BCUT2D eigenvalue weighted by Gasteiger charge is -2.29. The summed E-state index contributed by atoms with van der Waals surface area (Å²) < 4.78 is 46.8. The van der Waals surface area contributed by atoms with E-state index in [0.717, 1.165) is 5.56 Å². The van der Waals surface area contributed by atoms with Gasteiger partial charge in [0.25, 0.3) is 0 Å². The summed E-state index contributed by atoms with van der Waals surface area (Å²) in [6.45, 7) is 2.79. The van der Waals surface area contributed by atoms with Crippen LogP contribution in [0.15, 0.2) is 54.6 Å². The molecule has 37 heavy (non-hydrogen) atoms. The minimum absolute atomic E-state index is 0.0238. The zero-order valence-electron chi connectivity index (χ0n) is 20.4. The fraction of sp³-hybridized carbons (Fsp3) is 0.333. The number of carboxylic acid groups (broad SMARTS) is 1. The Hall–Kier alpha value is -3.37. The summed E-state index contributed by atoms with van der Waals surface area (Å²) in [6.07, 6.45) is -4.19. The lowest BCUT2D eigenvalue weighted by molar-refractivity contribution is -0.141. The van der Waals surface area contributed by atoms with Gasteiger partial charge in [0.15, 0.2) is 0 Å². The number of carboxylic acids is 1. The third-order valence-corrected chi connectivity index (χ3v) is 7.56. The van der Waals surface area contributed by atoms with Gasteiger partial charge >= 0.3 is 12.1 Å². The third-order valence-electron chi connectivity index (χ3n) is 6.40. The maximum absolute atomic E-state index is 13.7. The molecule has 0 bridgehead atoms. The van der Waals surface area contributed by atoms with Crippen LogP contribution in [-0.4, -0.2) is 48.1 Å². The quantitative estimate of drug-likeness (QED) is 0.383. The number of fused-ring (bicyclic) bond motifs is 1. The predicted molar refractivity (Wildman–Crippen MR) is 136 cm³/mol. The molecule has 4 rings (SSSR count). The van der Waals surface area contributed by atoms with Gasteiger partial charge in [-0.05, 0) is 55.4 Å². The first-order valence-corrected chi connectivity index (χ1v) is 12.6. The van der Waals surface area contributed by atoms with E-state index in [0.29, 0.717) is 52.7 Å². The SMILES string of the molecule is CCN(C)C(CC(=O)O)C(=O)N1CCc2cc(OCc3cc(-c4ccccc4)c(C(F)(F)F)s3)ccc21. The van der Waals surface area contributed by atoms with Gasteiger partial charge in [0, 0.05) is 22.7 Å². The van der Waals surface area contributed by atoms with Crippen LogP contribution in [0, 0.1) is 0 Å². The monoisotopic (exact) mass is 532 g/mol. The standard InChI is InChI=1S/C27H27F3N2O4S/c1-3-31(2)23(15-24(33)34)26(35)32-12-11-18-13-19(9-10-22(18)32)36-16-20-14-21(17-7-5-4-6-8-17)25(37-20)27(28,29)30/h4-10,13-14,23H,3,11-12,15-16H2,1-2H3,(H,33,34). The molecule has 3 aromatic rings. The van der Waals surface area contributed by atoms with Crippen LogP contribution in [-0.2, 0) is 28.8 Å². The van der Waals surface area contributed by atoms with Crippen molar-refractivity contribution in [3.63, 3.8) is 0 Å². The molecule has 1 amide bonds. The highest BCUT2D eigenvalue weighted by atomic mass is 32.1. The van der Waals surface area contributed by atoms with E-state index in [4.69, 9.17) is 4.74 Å². The lowest BCUT2D eigenvalue weighted by Crippen LogP contribution is -2.48. The van der Waals surface area contributed by atoms with E-state index in [-0.39, 0.29) is 24.5 Å². The van der Waals surface area contributed by atoms with Crippen molar-refractivity contribution in [1.82, 2.24) is 4.90 Å². The average Bonchev–Trinajstić information content (AvgIpc) is 3.50. The number of thiophene rings is 1. The zero-order chi connectivity index (χ0) is 26.7. The molecule has 1 aliphatic rings. The second-order valence-corrected chi connectivity index (χ2v) is 9.96. The molecule has 196 valence electrons. The maximum atomic E-state index is 13.7. The van der Waals surface area contributed by atoms with Crippen molar-refractivity contribution in [2.24, 2.45) is 0 Å². The highest BCUT2D eigenvalue weighted by molar-refractivity contribution is 7.12. The number of aliphatic carboxylic acids is 1. The summed E-state index contributed by atoms with van der Waals surface area (Å²) in [4.78, 5) is 27.6. The van der Waals surface area contributed by atoms with E-state index < -0.39 is 23.1 Å². The maximum Gasteiger partial charge on any atom is 0.426 e. The van der Waals surface area contributed by atoms with Crippen molar-refractivity contribution < 1.29 is 32.6 Å². The summed E-state index contributed by atoms with van der Waals surface area (Å²) in [5.74, 6) is -0.825. The van der Waals surface area contributed by atoms with E-state index >= 15 is 0 Å². The molecule has 10 heteroatoms. The smallest absolute Gasteiger partial charge is 0.426 e. The van der Waals surface area contributed by atoms with E-state index in [1.165, 1.54) is 6.07 Å². The van der Waals surface area contributed by atoms with Gasteiger partial charge in [-0.3, -0.25) is 14.5 Å². The molecular formula is C27H27F3N2O4S. The number of hydrogen-bond acceptors (Lipinski definition) is 5. The fourth-order valence-corrected chi connectivity index (χ4v) is 5.36. The van der Waals surface area contributed by atoms with Crippen LogP contribution in [0.25, 0.3) is 11.1 Å². The molecule has 2 heterocycles. The third kappa shape index (κ3) is 5.97. The van der Waals surface area contributed by atoms with Gasteiger partial charge in [0.1, 0.15) is 17.2 Å². The molecule has 0 spiro atoms. The number of likely N-dealkylation sites (N-methyl/N-ethyl adjacent to an activating group) is 1. The van der Waals surface area contributed by atoms with E-state index in [9.17, 15) is 27.9 Å². The van der Waals surface area contributed by atoms with Crippen LogP contribution in [0.4, 0.5) is 18.9 Å². The van der Waals surface area contributed by atoms with Crippen LogP contribution in [0.1, 0.15) is 28.7 Å². The number of ether oxygens (including phenoxy) is 1. The Bertz CT molecular complexity index is 1280. The molecule has 1 atom stereocenters. The molecule has 1 aromatic heterocycles. The van der Waals surface area contributed by atoms with Crippen molar-refractivity contribution in [1.29, 1.82) is 0 Å². The summed E-state index contributed by atoms with van der Waals surface area (Å²) in [7, 11) is 1.72. The fourth-order valence-electron chi connectivity index (χ4n) is 4.40. The first-order valence-electron chi connectivity index (χ1n) is 11.8. The number of rotatable bonds is 9. The molecule has 0 saturated heterocycles. The second-order valence-electron chi connectivity index (χ2n) is 8.83. The van der Waals surface area contributed by atoms with Crippen LogP contribution in [0.2, 0.25) is 0 Å². The molecule has 0 saturated carbocycles. The Kier molecular flexibility index (Phi) is 7.89. The van der Waals surface area contributed by atoms with Crippen molar-refractivity contribution in [3.05, 3.63) is 69.9 Å².